The van der Waals surface area contributed by atoms with Crippen LogP contribution in [0.4, 0.5) is 4.39 Å². The van der Waals surface area contributed by atoms with Gasteiger partial charge in [-0.15, -0.1) is 0 Å². The number of pyridine rings is 1. The molecule has 0 spiro atoms. The molecule has 2 aromatic rings. The van der Waals surface area contributed by atoms with Crippen molar-refractivity contribution in [3.63, 3.8) is 0 Å². The molecule has 0 atom stereocenters. The van der Waals surface area contributed by atoms with E-state index in [1.54, 1.807) is 24.5 Å². The van der Waals surface area contributed by atoms with Gasteiger partial charge in [0.1, 0.15) is 5.82 Å². The van der Waals surface area contributed by atoms with Gasteiger partial charge < -0.3 is 0 Å². The minimum Gasteiger partial charge on any atom is -0.264 e. The molecule has 0 aliphatic heterocycles. The van der Waals surface area contributed by atoms with Crippen LogP contribution in [0.2, 0.25) is 0 Å². The van der Waals surface area contributed by atoms with E-state index < -0.39 is 0 Å². The fraction of sp³-hybridized carbons (Fsp3) is 0. The molecule has 0 unspecified atom stereocenters. The van der Waals surface area contributed by atoms with Crippen molar-refractivity contribution in [2.45, 2.75) is 0 Å². The molecule has 0 saturated heterocycles. The molecule has 0 amide bonds. The zero-order chi connectivity index (χ0) is 9.26. The van der Waals surface area contributed by atoms with Crippen LogP contribution in [0.15, 0.2) is 37.2 Å². The predicted molar refractivity (Wildman–Crippen MR) is 51.8 cm³/mol. The number of halogens is 1. The molecule has 13 heavy (non-hydrogen) atoms. The molecule has 1 nitrogen and oxygen atoms in total. The van der Waals surface area contributed by atoms with Gasteiger partial charge in [-0.3, -0.25) is 4.98 Å². The van der Waals surface area contributed by atoms with Crippen molar-refractivity contribution in [1.82, 2.24) is 4.98 Å². The Labute approximate surface area is 75.5 Å². The molecular formula is C11H8FN. The van der Waals surface area contributed by atoms with Crippen LogP contribution >= 0.6 is 0 Å². The van der Waals surface area contributed by atoms with Crippen molar-refractivity contribution < 1.29 is 4.39 Å². The predicted octanol–water partition coefficient (Wildman–Crippen LogP) is 3.02. The number of benzene rings is 1. The largest absolute Gasteiger partial charge is 0.264 e. The zero-order valence-corrected chi connectivity index (χ0v) is 7.00. The van der Waals surface area contributed by atoms with Crippen LogP contribution in [-0.4, -0.2) is 4.98 Å². The highest BCUT2D eigenvalue weighted by molar-refractivity contribution is 5.89. The van der Waals surface area contributed by atoms with Gasteiger partial charge in [-0.05, 0) is 29.1 Å². The van der Waals surface area contributed by atoms with Crippen molar-refractivity contribution in [1.29, 1.82) is 0 Å². The molecule has 2 rings (SSSR count). The maximum absolute atomic E-state index is 13.0. The minimum absolute atomic E-state index is 0.242. The molecule has 1 aromatic carbocycles. The van der Waals surface area contributed by atoms with Gasteiger partial charge in [0.2, 0.25) is 0 Å². The molecule has 0 radical (unpaired) electrons. The first kappa shape index (κ1) is 7.92. The molecule has 0 aliphatic carbocycles. The third kappa shape index (κ3) is 1.31. The molecule has 0 fully saturated rings. The lowest BCUT2D eigenvalue weighted by Crippen LogP contribution is -1.83. The molecule has 0 bridgehead atoms. The number of hydrogen-bond acceptors (Lipinski definition) is 1. The first-order valence-corrected chi connectivity index (χ1v) is 3.97. The van der Waals surface area contributed by atoms with Crippen LogP contribution in [0, 0.1) is 5.82 Å². The van der Waals surface area contributed by atoms with Gasteiger partial charge >= 0.3 is 0 Å². The maximum Gasteiger partial charge on any atom is 0.124 e. The quantitative estimate of drug-likeness (QED) is 0.646. The van der Waals surface area contributed by atoms with Crippen LogP contribution < -0.4 is 0 Å². The summed E-state index contributed by atoms with van der Waals surface area (Å²) in [4.78, 5) is 3.98. The van der Waals surface area contributed by atoms with E-state index >= 15 is 0 Å². The third-order valence-corrected chi connectivity index (χ3v) is 1.97. The Morgan fingerprint density at radius 2 is 2.23 bits per heavy atom. The van der Waals surface area contributed by atoms with E-state index in [9.17, 15) is 4.39 Å². The van der Waals surface area contributed by atoms with Gasteiger partial charge in [0.05, 0.1) is 0 Å². The van der Waals surface area contributed by atoms with E-state index in [0.29, 0.717) is 0 Å². The summed E-state index contributed by atoms with van der Waals surface area (Å²) in [6.07, 6.45) is 4.99. The highest BCUT2D eigenvalue weighted by atomic mass is 19.1. The van der Waals surface area contributed by atoms with Gasteiger partial charge in [0.25, 0.3) is 0 Å². The first-order chi connectivity index (χ1) is 6.31. The first-order valence-electron chi connectivity index (χ1n) is 3.97. The molecule has 1 heterocycles. The Morgan fingerprint density at radius 3 is 3.00 bits per heavy atom. The summed E-state index contributed by atoms with van der Waals surface area (Å²) in [6, 6.07) is 4.73. The molecule has 64 valence electrons. The Bertz CT molecular complexity index is 463. The van der Waals surface area contributed by atoms with Crippen LogP contribution in [-0.2, 0) is 0 Å². The van der Waals surface area contributed by atoms with Crippen molar-refractivity contribution in [2.24, 2.45) is 0 Å². The molecular weight excluding hydrogens is 165 g/mol. The van der Waals surface area contributed by atoms with Crippen LogP contribution in [0.3, 0.4) is 0 Å². The molecule has 1 aromatic heterocycles. The fourth-order valence-corrected chi connectivity index (χ4v) is 1.36. The SMILES string of the molecule is C=Cc1cc(F)cc2ccncc12. The van der Waals surface area contributed by atoms with Gasteiger partial charge in [0.15, 0.2) is 0 Å². The van der Waals surface area contributed by atoms with Crippen molar-refractivity contribution in [2.75, 3.05) is 0 Å². The highest BCUT2D eigenvalue weighted by Gasteiger charge is 2.00. The smallest absolute Gasteiger partial charge is 0.124 e. The van der Waals surface area contributed by atoms with Gasteiger partial charge in [-0.25, -0.2) is 4.39 Å². The summed E-state index contributed by atoms with van der Waals surface area (Å²) < 4.78 is 13.0. The van der Waals surface area contributed by atoms with Crippen LogP contribution in [0.5, 0.6) is 0 Å². The number of aromatic nitrogens is 1. The zero-order valence-electron chi connectivity index (χ0n) is 7.00. The average molecular weight is 173 g/mol. The minimum atomic E-state index is -0.242. The van der Waals surface area contributed by atoms with E-state index in [1.165, 1.54) is 12.1 Å². The average Bonchev–Trinajstić information content (AvgIpc) is 2.16. The number of nitrogens with zero attached hydrogens (tertiary/aromatic N) is 1. The van der Waals surface area contributed by atoms with E-state index in [2.05, 4.69) is 11.6 Å². The monoisotopic (exact) mass is 173 g/mol. The van der Waals surface area contributed by atoms with Gasteiger partial charge in [-0.2, -0.15) is 0 Å². The summed E-state index contributed by atoms with van der Waals surface area (Å²) in [5.74, 6) is -0.242. The lowest BCUT2D eigenvalue weighted by molar-refractivity contribution is 0.629. The molecule has 0 saturated carbocycles. The fourth-order valence-electron chi connectivity index (χ4n) is 1.36. The summed E-state index contributed by atoms with van der Waals surface area (Å²) in [5, 5.41) is 1.78. The van der Waals surface area contributed by atoms with Crippen molar-refractivity contribution in [3.8, 4) is 0 Å². The summed E-state index contributed by atoms with van der Waals surface area (Å²) in [5.41, 5.74) is 0.781. The second-order valence-corrected chi connectivity index (χ2v) is 2.80. The number of hydrogen-bond donors (Lipinski definition) is 0. The Kier molecular flexibility index (Phi) is 1.81. The van der Waals surface area contributed by atoms with Gasteiger partial charge in [-0.1, -0.05) is 12.7 Å². The molecule has 2 heteroatoms. The number of rotatable bonds is 1. The third-order valence-electron chi connectivity index (χ3n) is 1.97. The Balaban J connectivity index is 2.89. The molecule has 0 aliphatic rings. The van der Waals surface area contributed by atoms with E-state index in [0.717, 1.165) is 16.3 Å². The van der Waals surface area contributed by atoms with E-state index in [1.807, 2.05) is 0 Å². The summed E-state index contributed by atoms with van der Waals surface area (Å²) in [7, 11) is 0. The Hall–Kier alpha value is -1.70. The lowest BCUT2D eigenvalue weighted by Gasteiger charge is -2.01. The molecule has 0 N–H and O–H groups in total. The topological polar surface area (TPSA) is 12.9 Å². The lowest BCUT2D eigenvalue weighted by atomic mass is 10.1. The van der Waals surface area contributed by atoms with Gasteiger partial charge in [0, 0.05) is 17.8 Å². The second-order valence-electron chi connectivity index (χ2n) is 2.80. The second kappa shape index (κ2) is 2.98. The maximum atomic E-state index is 13.0. The summed E-state index contributed by atoms with van der Waals surface area (Å²) >= 11 is 0. The standard InChI is InChI=1S/C11H8FN/c1-2-8-5-10(12)6-9-3-4-13-7-11(8)9/h2-7H,1H2. The highest BCUT2D eigenvalue weighted by Crippen LogP contribution is 2.20. The Morgan fingerprint density at radius 1 is 1.38 bits per heavy atom. The van der Waals surface area contributed by atoms with Crippen molar-refractivity contribution >= 4 is 16.8 Å². The van der Waals surface area contributed by atoms with E-state index in [-0.39, 0.29) is 5.82 Å². The number of fused-ring (bicyclic) bond motifs is 1. The van der Waals surface area contributed by atoms with Crippen LogP contribution in [0.1, 0.15) is 5.56 Å². The van der Waals surface area contributed by atoms with Crippen molar-refractivity contribution in [3.05, 3.63) is 48.6 Å². The summed E-state index contributed by atoms with van der Waals surface area (Å²) in [6.45, 7) is 3.63. The van der Waals surface area contributed by atoms with E-state index in [4.69, 9.17) is 0 Å². The normalized spacial score (nSPS) is 10.2. The van der Waals surface area contributed by atoms with Crippen LogP contribution in [0.25, 0.3) is 16.8 Å².